The van der Waals surface area contributed by atoms with Gasteiger partial charge in [-0.2, -0.15) is 0 Å². The van der Waals surface area contributed by atoms with E-state index in [1.54, 1.807) is 7.11 Å². The number of carboxylic acid groups (broad SMARTS) is 2. The largest absolute Gasteiger partial charge is 0.481 e. The predicted octanol–water partition coefficient (Wildman–Crippen LogP) is 0.00660. The van der Waals surface area contributed by atoms with Crippen LogP contribution in [0.5, 0.6) is 0 Å². The molecule has 0 amide bonds. The first-order valence-electron chi connectivity index (χ1n) is 6.56. The highest BCUT2D eigenvalue weighted by atomic mass is 16.5. The lowest BCUT2D eigenvalue weighted by Crippen LogP contribution is -2.34. The normalized spacial score (nSPS) is 20.9. The zero-order chi connectivity index (χ0) is 16.7. The molecule has 1 aliphatic rings. The highest BCUT2D eigenvalue weighted by Crippen LogP contribution is 2.17. The van der Waals surface area contributed by atoms with Crippen LogP contribution in [-0.2, 0) is 9.53 Å². The standard InChI is InChI=1S/C11H16N4O3.C2H4O2/c1-15-5-7(8(6-15)18-2)14-10-9(11(16)17)12-3-4-13-10;1-2(3)4/h3-4,7-8H,5-6H2,1-2H3,(H,13,14)(H,16,17);1H3,(H,3,4)/t7-,8-;/m0./s1. The molecule has 0 radical (unpaired) electrons. The average Bonchev–Trinajstić information content (AvgIpc) is 2.78. The Morgan fingerprint density at radius 3 is 2.45 bits per heavy atom. The van der Waals surface area contributed by atoms with Crippen LogP contribution in [0, 0.1) is 0 Å². The molecule has 2 rings (SSSR count). The Morgan fingerprint density at radius 1 is 1.32 bits per heavy atom. The van der Waals surface area contributed by atoms with Gasteiger partial charge in [0.15, 0.2) is 11.5 Å². The molecule has 9 nitrogen and oxygen atoms in total. The molecule has 1 fully saturated rings. The second-order valence-corrected chi connectivity index (χ2v) is 4.82. The third-order valence-electron chi connectivity index (χ3n) is 2.97. The summed E-state index contributed by atoms with van der Waals surface area (Å²) in [5.41, 5.74) is -0.0677. The third kappa shape index (κ3) is 5.26. The van der Waals surface area contributed by atoms with Crippen LogP contribution >= 0.6 is 0 Å². The van der Waals surface area contributed by atoms with Gasteiger partial charge in [0.1, 0.15) is 0 Å². The summed E-state index contributed by atoms with van der Waals surface area (Å²) in [6.07, 6.45) is 2.84. The number of likely N-dealkylation sites (tertiary alicyclic amines) is 1. The topological polar surface area (TPSA) is 125 Å². The smallest absolute Gasteiger partial charge is 0.358 e. The minimum atomic E-state index is -1.09. The Labute approximate surface area is 127 Å². The molecule has 122 valence electrons. The van der Waals surface area contributed by atoms with Crippen LogP contribution in [0.15, 0.2) is 12.4 Å². The van der Waals surface area contributed by atoms with E-state index in [1.165, 1.54) is 12.4 Å². The first kappa shape index (κ1) is 17.8. The Balaban J connectivity index is 0.000000541. The predicted molar refractivity (Wildman–Crippen MR) is 78.0 cm³/mol. The van der Waals surface area contributed by atoms with Gasteiger partial charge < -0.3 is 25.2 Å². The van der Waals surface area contributed by atoms with Crippen LogP contribution in [0.3, 0.4) is 0 Å². The number of hydrogen-bond donors (Lipinski definition) is 3. The number of nitrogens with one attached hydrogen (secondary N) is 1. The number of likely N-dealkylation sites (N-methyl/N-ethyl adjacent to an activating group) is 1. The van der Waals surface area contributed by atoms with E-state index in [0.29, 0.717) is 0 Å². The molecular weight excluding hydrogens is 292 g/mol. The Hall–Kier alpha value is -2.26. The maximum Gasteiger partial charge on any atom is 0.358 e. The van der Waals surface area contributed by atoms with Gasteiger partial charge in [-0.25, -0.2) is 14.8 Å². The molecular formula is C13H20N4O5. The van der Waals surface area contributed by atoms with E-state index in [9.17, 15) is 4.79 Å². The van der Waals surface area contributed by atoms with E-state index in [1.807, 2.05) is 7.05 Å². The first-order valence-corrected chi connectivity index (χ1v) is 6.56. The van der Waals surface area contributed by atoms with Gasteiger partial charge in [-0.3, -0.25) is 4.79 Å². The molecule has 22 heavy (non-hydrogen) atoms. The molecule has 0 aromatic carbocycles. The molecule has 0 bridgehead atoms. The maximum absolute atomic E-state index is 11.0. The molecule has 0 saturated carbocycles. The SMILES string of the molecule is CC(=O)O.CO[C@H]1CN(C)C[C@@H]1Nc1nccnc1C(=O)O. The summed E-state index contributed by atoms with van der Waals surface area (Å²) in [4.78, 5) is 30.0. The van der Waals surface area contributed by atoms with Gasteiger partial charge in [-0.05, 0) is 7.05 Å². The van der Waals surface area contributed by atoms with Gasteiger partial charge in [0.25, 0.3) is 5.97 Å². The van der Waals surface area contributed by atoms with E-state index in [4.69, 9.17) is 19.7 Å². The van der Waals surface area contributed by atoms with Crippen molar-refractivity contribution < 1.29 is 24.5 Å². The summed E-state index contributed by atoms with van der Waals surface area (Å²) < 4.78 is 5.37. The quantitative estimate of drug-likeness (QED) is 0.704. The van der Waals surface area contributed by atoms with Crippen LogP contribution < -0.4 is 5.32 Å². The number of aliphatic carboxylic acids is 1. The molecule has 1 aliphatic heterocycles. The number of ether oxygens (including phenoxy) is 1. The van der Waals surface area contributed by atoms with Crippen molar-refractivity contribution in [3.63, 3.8) is 0 Å². The molecule has 1 saturated heterocycles. The maximum atomic E-state index is 11.0. The van der Waals surface area contributed by atoms with Gasteiger partial charge in [0.05, 0.1) is 12.1 Å². The summed E-state index contributed by atoms with van der Waals surface area (Å²) in [6.45, 7) is 2.66. The highest BCUT2D eigenvalue weighted by Gasteiger charge is 2.32. The number of rotatable bonds is 4. The van der Waals surface area contributed by atoms with Gasteiger partial charge >= 0.3 is 5.97 Å². The molecule has 0 unspecified atom stereocenters. The van der Waals surface area contributed by atoms with Crippen molar-refractivity contribution in [3.05, 3.63) is 18.1 Å². The van der Waals surface area contributed by atoms with E-state index >= 15 is 0 Å². The number of anilines is 1. The van der Waals surface area contributed by atoms with Crippen LogP contribution in [0.25, 0.3) is 0 Å². The van der Waals surface area contributed by atoms with Crippen LogP contribution in [0.4, 0.5) is 5.82 Å². The van der Waals surface area contributed by atoms with Crippen molar-refractivity contribution >= 4 is 17.8 Å². The molecule has 2 heterocycles. The Bertz CT molecular complexity index is 521. The summed E-state index contributed by atoms with van der Waals surface area (Å²) in [5.74, 6) is -1.64. The number of carbonyl (C=O) groups is 2. The minimum absolute atomic E-state index is 0.00907. The fraction of sp³-hybridized carbons (Fsp3) is 0.538. The number of methoxy groups -OCH3 is 1. The third-order valence-corrected chi connectivity index (χ3v) is 2.97. The summed E-state index contributed by atoms with van der Waals surface area (Å²) in [7, 11) is 3.63. The number of hydrogen-bond acceptors (Lipinski definition) is 7. The highest BCUT2D eigenvalue weighted by molar-refractivity contribution is 5.90. The van der Waals surface area contributed by atoms with E-state index < -0.39 is 11.9 Å². The van der Waals surface area contributed by atoms with Crippen LogP contribution in [0.1, 0.15) is 17.4 Å². The molecule has 2 atom stereocenters. The van der Waals surface area contributed by atoms with E-state index in [2.05, 4.69) is 20.2 Å². The monoisotopic (exact) mass is 312 g/mol. The molecule has 1 aromatic heterocycles. The average molecular weight is 312 g/mol. The second-order valence-electron chi connectivity index (χ2n) is 4.82. The Kier molecular flexibility index (Phi) is 6.67. The van der Waals surface area contributed by atoms with E-state index in [0.717, 1.165) is 20.0 Å². The Morgan fingerprint density at radius 2 is 1.91 bits per heavy atom. The van der Waals surface area contributed by atoms with Gasteiger partial charge in [-0.15, -0.1) is 0 Å². The van der Waals surface area contributed by atoms with Crippen molar-refractivity contribution in [1.29, 1.82) is 0 Å². The van der Waals surface area contributed by atoms with Gasteiger partial charge in [0.2, 0.25) is 0 Å². The summed E-state index contributed by atoms with van der Waals surface area (Å²) in [6, 6.07) is 0.00907. The number of aromatic carboxylic acids is 1. The zero-order valence-electron chi connectivity index (χ0n) is 12.7. The van der Waals surface area contributed by atoms with Crippen molar-refractivity contribution in [1.82, 2.24) is 14.9 Å². The van der Waals surface area contributed by atoms with Crippen LogP contribution in [0.2, 0.25) is 0 Å². The lowest BCUT2D eigenvalue weighted by molar-refractivity contribution is -0.134. The van der Waals surface area contributed by atoms with Gasteiger partial charge in [-0.1, -0.05) is 0 Å². The fourth-order valence-electron chi connectivity index (χ4n) is 2.12. The molecule has 0 spiro atoms. The number of nitrogens with zero attached hydrogens (tertiary/aromatic N) is 3. The molecule has 9 heteroatoms. The van der Waals surface area contributed by atoms with Crippen molar-refractivity contribution in [2.75, 3.05) is 32.6 Å². The summed E-state index contributed by atoms with van der Waals surface area (Å²) in [5, 5.41) is 19.5. The fourth-order valence-corrected chi connectivity index (χ4v) is 2.12. The molecule has 1 aromatic rings. The second kappa shape index (κ2) is 8.25. The zero-order valence-corrected chi connectivity index (χ0v) is 12.7. The summed E-state index contributed by atoms with van der Waals surface area (Å²) >= 11 is 0. The first-order chi connectivity index (χ1) is 10.3. The number of aromatic nitrogens is 2. The van der Waals surface area contributed by atoms with Crippen LogP contribution in [-0.4, -0.2) is 76.4 Å². The van der Waals surface area contributed by atoms with Gasteiger partial charge in [0, 0.05) is 39.5 Å². The molecule has 0 aliphatic carbocycles. The minimum Gasteiger partial charge on any atom is -0.481 e. The molecule has 3 N–H and O–H groups in total. The van der Waals surface area contributed by atoms with Crippen molar-refractivity contribution in [3.8, 4) is 0 Å². The lowest BCUT2D eigenvalue weighted by Gasteiger charge is -2.19. The number of carboxylic acids is 2. The lowest BCUT2D eigenvalue weighted by atomic mass is 10.2. The van der Waals surface area contributed by atoms with Crippen molar-refractivity contribution in [2.45, 2.75) is 19.1 Å². The van der Waals surface area contributed by atoms with E-state index in [-0.39, 0.29) is 23.7 Å². The van der Waals surface area contributed by atoms with Crippen molar-refractivity contribution in [2.24, 2.45) is 0 Å².